The molecule has 0 aromatic carbocycles. The minimum Gasteiger partial charge on any atom is -0.395 e. The number of aliphatic hydroxyl groups excluding tert-OH is 1. The molecule has 3 heterocycles. The highest BCUT2D eigenvalue weighted by atomic mass is 32.1. The molecule has 0 saturated heterocycles. The number of carbonyl (C=O) groups excluding carboxylic acids is 1. The lowest BCUT2D eigenvalue weighted by molar-refractivity contribution is 0.0934. The van der Waals surface area contributed by atoms with Crippen LogP contribution in [0.5, 0.6) is 0 Å². The average Bonchev–Trinajstić information content (AvgIpc) is 3.13. The highest BCUT2D eigenvalue weighted by Crippen LogP contribution is 2.38. The molecule has 0 saturated carbocycles. The van der Waals surface area contributed by atoms with Gasteiger partial charge in [0.25, 0.3) is 5.91 Å². The van der Waals surface area contributed by atoms with E-state index >= 15 is 0 Å². The van der Waals surface area contributed by atoms with Crippen LogP contribution in [0.3, 0.4) is 0 Å². The van der Waals surface area contributed by atoms with E-state index in [0.29, 0.717) is 11.6 Å². The molecule has 126 valence electrons. The number of fused-ring (bicyclic) bond motifs is 5. The first-order valence-electron chi connectivity index (χ1n) is 8.15. The predicted octanol–water partition coefficient (Wildman–Crippen LogP) is 1.49. The van der Waals surface area contributed by atoms with Crippen LogP contribution in [0.1, 0.15) is 40.2 Å². The summed E-state index contributed by atoms with van der Waals surface area (Å²) < 4.78 is 1.66. The third kappa shape index (κ3) is 2.37. The fourth-order valence-corrected chi connectivity index (χ4v) is 4.55. The van der Waals surface area contributed by atoms with Gasteiger partial charge in [-0.25, -0.2) is 9.97 Å². The van der Waals surface area contributed by atoms with Gasteiger partial charge in [0, 0.05) is 11.4 Å². The molecule has 7 nitrogen and oxygen atoms in total. The third-order valence-electron chi connectivity index (χ3n) is 4.49. The largest absolute Gasteiger partial charge is 0.395 e. The van der Waals surface area contributed by atoms with E-state index in [-0.39, 0.29) is 24.9 Å². The van der Waals surface area contributed by atoms with Crippen LogP contribution in [0.25, 0.3) is 15.9 Å². The summed E-state index contributed by atoms with van der Waals surface area (Å²) in [5, 5.41) is 16.8. The number of nitrogens with zero attached hydrogens (tertiary/aromatic N) is 4. The number of aromatic nitrogens is 4. The molecule has 1 amide bonds. The van der Waals surface area contributed by atoms with Crippen molar-refractivity contribution in [3.05, 3.63) is 22.1 Å². The molecular formula is C16H19N5O2S. The molecule has 2 N–H and O–H groups in total. The van der Waals surface area contributed by atoms with E-state index in [4.69, 9.17) is 5.11 Å². The number of aliphatic hydroxyl groups is 1. The quantitative estimate of drug-likeness (QED) is 0.750. The average molecular weight is 345 g/mol. The molecule has 24 heavy (non-hydrogen) atoms. The second kappa shape index (κ2) is 5.78. The molecule has 1 aliphatic carbocycles. The molecule has 0 spiro atoms. The summed E-state index contributed by atoms with van der Waals surface area (Å²) in [5.41, 5.74) is 2.03. The van der Waals surface area contributed by atoms with Crippen molar-refractivity contribution in [3.63, 3.8) is 0 Å². The molecule has 1 atom stereocenters. The first-order chi connectivity index (χ1) is 11.6. The van der Waals surface area contributed by atoms with E-state index in [2.05, 4.69) is 27.3 Å². The lowest BCUT2D eigenvalue weighted by Gasteiger charge is -2.17. The second-order valence-electron chi connectivity index (χ2n) is 6.34. The van der Waals surface area contributed by atoms with Crippen molar-refractivity contribution < 1.29 is 9.90 Å². The molecule has 0 fully saturated rings. The number of rotatable bonds is 3. The van der Waals surface area contributed by atoms with Gasteiger partial charge in [-0.05, 0) is 37.7 Å². The zero-order valence-electron chi connectivity index (χ0n) is 13.7. The van der Waals surface area contributed by atoms with E-state index < -0.39 is 0 Å². The maximum atomic E-state index is 12.1. The zero-order chi connectivity index (χ0) is 16.8. The van der Waals surface area contributed by atoms with Crippen LogP contribution in [0.15, 0.2) is 0 Å². The minimum absolute atomic E-state index is 0.111. The number of nitrogens with one attached hydrogen (secondary N) is 1. The Morgan fingerprint density at radius 2 is 2.29 bits per heavy atom. The van der Waals surface area contributed by atoms with Crippen molar-refractivity contribution >= 4 is 33.1 Å². The molecule has 1 aliphatic rings. The van der Waals surface area contributed by atoms with E-state index in [9.17, 15) is 4.79 Å². The highest BCUT2D eigenvalue weighted by Gasteiger charge is 2.25. The van der Waals surface area contributed by atoms with Crippen LogP contribution in [-0.2, 0) is 12.8 Å². The van der Waals surface area contributed by atoms with Gasteiger partial charge in [0.15, 0.2) is 5.65 Å². The number of hydrogen-bond donors (Lipinski definition) is 2. The Labute approximate surface area is 142 Å². The number of carbonyl (C=O) groups is 1. The topological polar surface area (TPSA) is 92.4 Å². The van der Waals surface area contributed by atoms with Crippen LogP contribution in [0.2, 0.25) is 0 Å². The Hall–Kier alpha value is -2.06. The van der Waals surface area contributed by atoms with Crippen LogP contribution >= 0.6 is 11.3 Å². The Morgan fingerprint density at radius 1 is 1.46 bits per heavy atom. The van der Waals surface area contributed by atoms with Crippen LogP contribution in [0.4, 0.5) is 0 Å². The van der Waals surface area contributed by atoms with Crippen molar-refractivity contribution in [2.45, 2.75) is 33.1 Å². The number of thiophene rings is 1. The van der Waals surface area contributed by atoms with Gasteiger partial charge in [-0.3, -0.25) is 4.79 Å². The smallest absolute Gasteiger partial charge is 0.291 e. The van der Waals surface area contributed by atoms with Crippen LogP contribution in [-0.4, -0.2) is 43.7 Å². The SMILES string of the molecule is Cc1nc2sc3c(c2c2nc(C(=O)NCCO)nn12)C[C@@H](C)CC3. The number of amides is 1. The molecule has 8 heteroatoms. The lowest BCUT2D eigenvalue weighted by Crippen LogP contribution is -2.27. The molecule has 0 aliphatic heterocycles. The zero-order valence-corrected chi connectivity index (χ0v) is 14.5. The van der Waals surface area contributed by atoms with Gasteiger partial charge in [0.2, 0.25) is 5.82 Å². The van der Waals surface area contributed by atoms with Gasteiger partial charge in [-0.15, -0.1) is 16.4 Å². The van der Waals surface area contributed by atoms with Crippen molar-refractivity contribution in [2.75, 3.05) is 13.2 Å². The molecule has 4 rings (SSSR count). The number of hydrogen-bond acceptors (Lipinski definition) is 6. The molecule has 3 aromatic rings. The van der Waals surface area contributed by atoms with Gasteiger partial charge in [0.1, 0.15) is 10.7 Å². The standard InChI is InChI=1S/C16H19N5O2S/c1-8-3-4-11-10(7-8)12-14-19-13(15(23)17-5-6-22)20-21(14)9(2)18-16(12)24-11/h8,22H,3-7H2,1-2H3,(H,17,23)/t8-/m0/s1. The van der Waals surface area contributed by atoms with Crippen LogP contribution in [0, 0.1) is 12.8 Å². The summed E-state index contributed by atoms with van der Waals surface area (Å²) in [7, 11) is 0. The van der Waals surface area contributed by atoms with Gasteiger partial charge < -0.3 is 10.4 Å². The van der Waals surface area contributed by atoms with Gasteiger partial charge >= 0.3 is 0 Å². The van der Waals surface area contributed by atoms with Gasteiger partial charge in [-0.1, -0.05) is 6.92 Å². The molecule has 0 unspecified atom stereocenters. The summed E-state index contributed by atoms with van der Waals surface area (Å²) >= 11 is 1.74. The summed E-state index contributed by atoms with van der Waals surface area (Å²) in [6, 6.07) is 0. The molecule has 0 bridgehead atoms. The first kappa shape index (κ1) is 15.5. The summed E-state index contributed by atoms with van der Waals surface area (Å²) in [6.07, 6.45) is 3.31. The fourth-order valence-electron chi connectivity index (χ4n) is 3.29. The van der Waals surface area contributed by atoms with Crippen molar-refractivity contribution in [2.24, 2.45) is 5.92 Å². The summed E-state index contributed by atoms with van der Waals surface area (Å²) in [6.45, 7) is 4.22. The lowest BCUT2D eigenvalue weighted by atomic mass is 9.89. The molecule has 3 aromatic heterocycles. The molecular weight excluding hydrogens is 326 g/mol. The van der Waals surface area contributed by atoms with E-state index in [1.165, 1.54) is 16.9 Å². The Kier molecular flexibility index (Phi) is 3.73. The molecule has 0 radical (unpaired) electrons. The minimum atomic E-state index is -0.377. The Bertz CT molecular complexity index is 945. The maximum Gasteiger partial charge on any atom is 0.291 e. The Morgan fingerprint density at radius 3 is 3.08 bits per heavy atom. The third-order valence-corrected chi connectivity index (χ3v) is 5.68. The summed E-state index contributed by atoms with van der Waals surface area (Å²) in [5.74, 6) is 1.10. The van der Waals surface area contributed by atoms with Crippen molar-refractivity contribution in [1.82, 2.24) is 24.9 Å². The van der Waals surface area contributed by atoms with E-state index in [1.54, 1.807) is 15.9 Å². The number of aryl methyl sites for hydroxylation is 2. The van der Waals surface area contributed by atoms with Gasteiger partial charge in [-0.2, -0.15) is 4.52 Å². The van der Waals surface area contributed by atoms with Crippen molar-refractivity contribution in [1.29, 1.82) is 0 Å². The Balaban J connectivity index is 1.91. The van der Waals surface area contributed by atoms with E-state index in [0.717, 1.165) is 28.9 Å². The highest BCUT2D eigenvalue weighted by molar-refractivity contribution is 7.19. The van der Waals surface area contributed by atoms with Gasteiger partial charge in [0.05, 0.1) is 12.0 Å². The first-order valence-corrected chi connectivity index (χ1v) is 8.96. The summed E-state index contributed by atoms with van der Waals surface area (Å²) in [4.78, 5) is 23.6. The maximum absolute atomic E-state index is 12.1. The second-order valence-corrected chi connectivity index (χ2v) is 7.42. The predicted molar refractivity (Wildman–Crippen MR) is 91.5 cm³/mol. The van der Waals surface area contributed by atoms with E-state index in [1.807, 2.05) is 6.92 Å². The normalized spacial score (nSPS) is 17.4. The van der Waals surface area contributed by atoms with Crippen LogP contribution < -0.4 is 5.32 Å². The monoisotopic (exact) mass is 345 g/mol. The van der Waals surface area contributed by atoms with Crippen molar-refractivity contribution in [3.8, 4) is 0 Å². The fraction of sp³-hybridized carbons (Fsp3) is 0.500.